The minimum Gasteiger partial charge on any atom is -0.350 e. The number of fused-ring (bicyclic) bond motifs is 2. The average molecular weight is 276 g/mol. The van der Waals surface area contributed by atoms with Crippen molar-refractivity contribution in [2.24, 2.45) is 7.05 Å². The molecule has 0 aliphatic carbocycles. The van der Waals surface area contributed by atoms with Crippen LogP contribution in [0.3, 0.4) is 0 Å². The predicted octanol–water partition coefficient (Wildman–Crippen LogP) is 3.29. The lowest BCUT2D eigenvalue weighted by Crippen LogP contribution is -2.24. The van der Waals surface area contributed by atoms with Gasteiger partial charge in [0.2, 0.25) is 5.91 Å². The first-order chi connectivity index (χ1) is 10.2. The van der Waals surface area contributed by atoms with Crippen LogP contribution < -0.4 is 4.90 Å². The number of rotatable bonds is 1. The van der Waals surface area contributed by atoms with Crippen molar-refractivity contribution in [2.75, 3.05) is 11.9 Å². The molecule has 0 saturated heterocycles. The number of carbonyl (C=O) groups excluding carboxylic acids is 1. The lowest BCUT2D eigenvalue weighted by molar-refractivity contribution is -0.118. The molecule has 1 aliphatic heterocycles. The van der Waals surface area contributed by atoms with E-state index in [1.54, 1.807) is 4.90 Å². The van der Waals surface area contributed by atoms with Crippen molar-refractivity contribution in [2.45, 2.75) is 5.92 Å². The van der Waals surface area contributed by atoms with E-state index in [0.29, 0.717) is 0 Å². The summed E-state index contributed by atoms with van der Waals surface area (Å²) in [5, 5.41) is 1.16. The Kier molecular flexibility index (Phi) is 2.45. The Morgan fingerprint density at radius 2 is 1.62 bits per heavy atom. The molecular weight excluding hydrogens is 260 g/mol. The van der Waals surface area contributed by atoms with E-state index < -0.39 is 0 Å². The fraction of sp³-hybridized carbons (Fsp3) is 0.167. The molecule has 1 aromatic heterocycles. The molecule has 21 heavy (non-hydrogen) atoms. The molecule has 1 atom stereocenters. The van der Waals surface area contributed by atoms with Crippen LogP contribution in [0.25, 0.3) is 10.9 Å². The number of amides is 1. The molecule has 2 heterocycles. The minimum atomic E-state index is -0.197. The molecule has 4 rings (SSSR count). The third-order valence-electron chi connectivity index (χ3n) is 4.43. The molecule has 1 amide bonds. The molecule has 3 aromatic rings. The van der Waals surface area contributed by atoms with Gasteiger partial charge in [0.05, 0.1) is 5.92 Å². The number of likely N-dealkylation sites (N-methyl/N-ethyl adjacent to an activating group) is 1. The molecule has 0 N–H and O–H groups in total. The Hall–Kier alpha value is -2.55. The second-order valence-electron chi connectivity index (χ2n) is 5.60. The zero-order chi connectivity index (χ0) is 14.6. The van der Waals surface area contributed by atoms with E-state index in [0.717, 1.165) is 27.7 Å². The van der Waals surface area contributed by atoms with Gasteiger partial charge in [-0.05, 0) is 23.3 Å². The van der Waals surface area contributed by atoms with E-state index in [2.05, 4.69) is 29.0 Å². The van der Waals surface area contributed by atoms with Crippen molar-refractivity contribution < 1.29 is 4.79 Å². The fourth-order valence-corrected chi connectivity index (χ4v) is 3.39. The Morgan fingerprint density at radius 3 is 2.48 bits per heavy atom. The third-order valence-corrected chi connectivity index (χ3v) is 4.43. The first-order valence-corrected chi connectivity index (χ1v) is 7.09. The summed E-state index contributed by atoms with van der Waals surface area (Å²) in [6.45, 7) is 0. The van der Waals surface area contributed by atoms with E-state index in [4.69, 9.17) is 0 Å². The molecule has 0 spiro atoms. The van der Waals surface area contributed by atoms with Crippen molar-refractivity contribution >= 4 is 22.5 Å². The molecule has 0 saturated carbocycles. The van der Waals surface area contributed by atoms with Crippen LogP contribution in [0, 0.1) is 0 Å². The highest BCUT2D eigenvalue weighted by Crippen LogP contribution is 2.42. The van der Waals surface area contributed by atoms with E-state index in [1.807, 2.05) is 44.4 Å². The summed E-state index contributed by atoms with van der Waals surface area (Å²) in [5.74, 6) is -0.0511. The van der Waals surface area contributed by atoms with Gasteiger partial charge in [0, 0.05) is 36.9 Å². The van der Waals surface area contributed by atoms with Crippen molar-refractivity contribution in [3.8, 4) is 0 Å². The van der Waals surface area contributed by atoms with Gasteiger partial charge in [-0.25, -0.2) is 0 Å². The normalized spacial score (nSPS) is 17.5. The highest BCUT2D eigenvalue weighted by molar-refractivity contribution is 6.08. The number of aryl methyl sites for hydroxylation is 1. The number of nitrogens with zero attached hydrogens (tertiary/aromatic N) is 2. The molecule has 3 nitrogen and oxygen atoms in total. The summed E-state index contributed by atoms with van der Waals surface area (Å²) in [5.41, 5.74) is 4.36. The van der Waals surface area contributed by atoms with E-state index in [1.165, 1.54) is 0 Å². The number of benzene rings is 2. The van der Waals surface area contributed by atoms with Crippen molar-refractivity contribution in [1.29, 1.82) is 0 Å². The largest absolute Gasteiger partial charge is 0.350 e. The van der Waals surface area contributed by atoms with Gasteiger partial charge < -0.3 is 9.47 Å². The SMILES string of the molecule is CN1C(=O)C(c2cn(C)c3ccccc23)c2ccccc21. The number of carbonyl (C=O) groups is 1. The molecular formula is C18H16N2O. The van der Waals surface area contributed by atoms with Gasteiger partial charge >= 0.3 is 0 Å². The van der Waals surface area contributed by atoms with Crippen LogP contribution in [0.4, 0.5) is 5.69 Å². The fourth-order valence-electron chi connectivity index (χ4n) is 3.39. The summed E-state index contributed by atoms with van der Waals surface area (Å²) in [6.07, 6.45) is 2.09. The summed E-state index contributed by atoms with van der Waals surface area (Å²) >= 11 is 0. The summed E-state index contributed by atoms with van der Waals surface area (Å²) in [4.78, 5) is 14.5. The first kappa shape index (κ1) is 12.2. The Bertz CT molecular complexity index is 863. The van der Waals surface area contributed by atoms with Crippen molar-refractivity contribution in [1.82, 2.24) is 4.57 Å². The average Bonchev–Trinajstić information content (AvgIpc) is 2.97. The Balaban J connectivity index is 1.99. The quantitative estimate of drug-likeness (QED) is 0.669. The molecule has 0 fully saturated rings. The van der Waals surface area contributed by atoms with Crippen molar-refractivity contribution in [3.63, 3.8) is 0 Å². The van der Waals surface area contributed by atoms with Gasteiger partial charge in [0.1, 0.15) is 0 Å². The van der Waals surface area contributed by atoms with Crippen LogP contribution >= 0.6 is 0 Å². The van der Waals surface area contributed by atoms with Crippen LogP contribution in [-0.4, -0.2) is 17.5 Å². The highest BCUT2D eigenvalue weighted by atomic mass is 16.2. The number of para-hydroxylation sites is 2. The molecule has 1 aliphatic rings. The second kappa shape index (κ2) is 4.22. The maximum atomic E-state index is 12.7. The number of hydrogen-bond acceptors (Lipinski definition) is 1. The zero-order valence-corrected chi connectivity index (χ0v) is 12.1. The van der Waals surface area contributed by atoms with Gasteiger partial charge in [-0.3, -0.25) is 4.79 Å². The monoisotopic (exact) mass is 276 g/mol. The van der Waals surface area contributed by atoms with Crippen LogP contribution in [0.1, 0.15) is 17.0 Å². The van der Waals surface area contributed by atoms with Gasteiger partial charge in [0.25, 0.3) is 0 Å². The van der Waals surface area contributed by atoms with Gasteiger partial charge in [-0.1, -0.05) is 36.4 Å². The Morgan fingerprint density at radius 1 is 0.905 bits per heavy atom. The Labute approximate surface area is 123 Å². The van der Waals surface area contributed by atoms with Crippen LogP contribution in [0.5, 0.6) is 0 Å². The predicted molar refractivity (Wildman–Crippen MR) is 84.6 cm³/mol. The van der Waals surface area contributed by atoms with Gasteiger partial charge in [-0.15, -0.1) is 0 Å². The molecule has 104 valence electrons. The lowest BCUT2D eigenvalue weighted by Gasteiger charge is -2.10. The zero-order valence-electron chi connectivity index (χ0n) is 12.1. The second-order valence-corrected chi connectivity index (χ2v) is 5.60. The van der Waals surface area contributed by atoms with E-state index in [9.17, 15) is 4.79 Å². The van der Waals surface area contributed by atoms with Crippen LogP contribution in [0.15, 0.2) is 54.7 Å². The lowest BCUT2D eigenvalue weighted by atomic mass is 9.92. The number of anilines is 1. The maximum absolute atomic E-state index is 12.7. The highest BCUT2D eigenvalue weighted by Gasteiger charge is 2.37. The van der Waals surface area contributed by atoms with Crippen LogP contribution in [-0.2, 0) is 11.8 Å². The van der Waals surface area contributed by atoms with E-state index in [-0.39, 0.29) is 11.8 Å². The molecule has 2 aromatic carbocycles. The summed E-state index contributed by atoms with van der Waals surface area (Å²) in [6, 6.07) is 16.3. The van der Waals surface area contributed by atoms with Crippen LogP contribution in [0.2, 0.25) is 0 Å². The first-order valence-electron chi connectivity index (χ1n) is 7.09. The molecule has 1 unspecified atom stereocenters. The van der Waals surface area contributed by atoms with Gasteiger partial charge in [-0.2, -0.15) is 0 Å². The number of aromatic nitrogens is 1. The van der Waals surface area contributed by atoms with Gasteiger partial charge in [0.15, 0.2) is 0 Å². The standard InChI is InChI=1S/C18H16N2O/c1-19-11-14(12-7-3-5-9-15(12)19)17-13-8-4-6-10-16(13)20(2)18(17)21/h3-11,17H,1-2H3. The third kappa shape index (κ3) is 1.57. The van der Waals surface area contributed by atoms with E-state index >= 15 is 0 Å². The summed E-state index contributed by atoms with van der Waals surface area (Å²) < 4.78 is 2.10. The topological polar surface area (TPSA) is 25.2 Å². The molecule has 0 radical (unpaired) electrons. The smallest absolute Gasteiger partial charge is 0.238 e. The molecule has 3 heteroatoms. The minimum absolute atomic E-state index is 0.146. The molecule has 0 bridgehead atoms. The summed E-state index contributed by atoms with van der Waals surface area (Å²) in [7, 11) is 3.88. The maximum Gasteiger partial charge on any atom is 0.238 e. The number of hydrogen-bond donors (Lipinski definition) is 0. The van der Waals surface area contributed by atoms with Crippen molar-refractivity contribution in [3.05, 3.63) is 65.9 Å².